The predicted molar refractivity (Wildman–Crippen MR) is 88.5 cm³/mol. The van der Waals surface area contributed by atoms with Crippen LogP contribution in [0.2, 0.25) is 0 Å². The Morgan fingerprint density at radius 1 is 1.22 bits per heavy atom. The largest absolute Gasteiger partial charge is 0.494 e. The summed E-state index contributed by atoms with van der Waals surface area (Å²) >= 11 is 0. The van der Waals surface area contributed by atoms with Gasteiger partial charge in [-0.1, -0.05) is 12.8 Å². The first-order valence-corrected chi connectivity index (χ1v) is 8.65. The number of hydrogen-bond donors (Lipinski definition) is 1. The summed E-state index contributed by atoms with van der Waals surface area (Å²) in [6.45, 7) is 1.82. The summed E-state index contributed by atoms with van der Waals surface area (Å²) in [5, 5.41) is 3.19. The van der Waals surface area contributed by atoms with Crippen molar-refractivity contribution in [2.75, 3.05) is 25.1 Å². The first-order chi connectivity index (χ1) is 11.2. The van der Waals surface area contributed by atoms with Crippen LogP contribution in [-0.2, 0) is 4.79 Å². The van der Waals surface area contributed by atoms with Crippen molar-refractivity contribution in [2.24, 2.45) is 5.92 Å². The average Bonchev–Trinajstić information content (AvgIpc) is 3.08. The predicted octanol–water partition coefficient (Wildman–Crippen LogP) is 2.15. The molecule has 2 aliphatic rings. The molecule has 0 unspecified atom stereocenters. The quantitative estimate of drug-likeness (QED) is 0.901. The molecule has 1 aliphatic heterocycles. The lowest BCUT2D eigenvalue weighted by Gasteiger charge is -2.31. The van der Waals surface area contributed by atoms with Gasteiger partial charge >= 0.3 is 0 Å². The van der Waals surface area contributed by atoms with Gasteiger partial charge in [-0.05, 0) is 31.6 Å². The fourth-order valence-electron chi connectivity index (χ4n) is 3.53. The maximum Gasteiger partial charge on any atom is 0.225 e. The summed E-state index contributed by atoms with van der Waals surface area (Å²) in [4.78, 5) is 23.0. The van der Waals surface area contributed by atoms with Crippen molar-refractivity contribution in [2.45, 2.75) is 51.0 Å². The molecule has 1 aromatic rings. The van der Waals surface area contributed by atoms with Crippen molar-refractivity contribution < 1.29 is 9.53 Å². The van der Waals surface area contributed by atoms with Crippen molar-refractivity contribution >= 4 is 11.9 Å². The zero-order valence-electron chi connectivity index (χ0n) is 13.8. The van der Waals surface area contributed by atoms with E-state index >= 15 is 0 Å². The molecule has 0 aromatic carbocycles. The van der Waals surface area contributed by atoms with E-state index in [1.54, 1.807) is 19.5 Å². The highest BCUT2D eigenvalue weighted by Crippen LogP contribution is 2.24. The lowest BCUT2D eigenvalue weighted by atomic mass is 9.93. The molecular weight excluding hydrogens is 292 g/mol. The van der Waals surface area contributed by atoms with Crippen LogP contribution in [0.1, 0.15) is 44.9 Å². The van der Waals surface area contributed by atoms with E-state index in [2.05, 4.69) is 20.2 Å². The molecule has 0 radical (unpaired) electrons. The van der Waals surface area contributed by atoms with Crippen LogP contribution in [0.15, 0.2) is 12.4 Å². The first kappa shape index (κ1) is 16.0. The van der Waals surface area contributed by atoms with Crippen molar-refractivity contribution in [3.63, 3.8) is 0 Å². The molecule has 6 heteroatoms. The van der Waals surface area contributed by atoms with Crippen LogP contribution >= 0.6 is 0 Å². The third-order valence-corrected chi connectivity index (χ3v) is 4.94. The van der Waals surface area contributed by atoms with E-state index in [1.807, 2.05) is 0 Å². The Kier molecular flexibility index (Phi) is 5.31. The third-order valence-electron chi connectivity index (χ3n) is 4.94. The van der Waals surface area contributed by atoms with Gasteiger partial charge in [0.1, 0.15) is 0 Å². The fraction of sp³-hybridized carbons (Fsp3) is 0.706. The number of aromatic nitrogens is 2. The molecule has 1 aromatic heterocycles. The number of nitrogens with one attached hydrogen (secondary N) is 1. The number of ether oxygens (including phenoxy) is 1. The van der Waals surface area contributed by atoms with E-state index in [-0.39, 0.29) is 5.91 Å². The van der Waals surface area contributed by atoms with Crippen molar-refractivity contribution in [1.29, 1.82) is 0 Å². The SMILES string of the molecule is COc1cnc(N2CCC(CC(=O)NC3CCCC3)CC2)nc1. The number of rotatable bonds is 5. The molecule has 6 nitrogen and oxygen atoms in total. The molecule has 0 atom stereocenters. The molecule has 1 saturated heterocycles. The Balaban J connectivity index is 1.43. The number of amides is 1. The van der Waals surface area contributed by atoms with E-state index in [1.165, 1.54) is 12.8 Å². The summed E-state index contributed by atoms with van der Waals surface area (Å²) in [7, 11) is 1.61. The van der Waals surface area contributed by atoms with E-state index in [4.69, 9.17) is 4.74 Å². The highest BCUT2D eigenvalue weighted by molar-refractivity contribution is 5.76. The number of methoxy groups -OCH3 is 1. The molecule has 1 amide bonds. The van der Waals surface area contributed by atoms with Gasteiger partial charge < -0.3 is 15.0 Å². The minimum absolute atomic E-state index is 0.232. The van der Waals surface area contributed by atoms with E-state index in [0.717, 1.165) is 44.7 Å². The maximum atomic E-state index is 12.1. The summed E-state index contributed by atoms with van der Waals surface area (Å²) in [6.07, 6.45) is 10.9. The number of carbonyl (C=O) groups excluding carboxylic acids is 1. The molecule has 0 spiro atoms. The molecule has 3 rings (SSSR count). The summed E-state index contributed by atoms with van der Waals surface area (Å²) in [5.41, 5.74) is 0. The number of piperidine rings is 1. The van der Waals surface area contributed by atoms with Crippen molar-refractivity contribution in [3.05, 3.63) is 12.4 Å². The fourth-order valence-corrected chi connectivity index (χ4v) is 3.53. The summed E-state index contributed by atoms with van der Waals surface area (Å²) in [5.74, 6) is 2.13. The van der Waals surface area contributed by atoms with Crippen LogP contribution < -0.4 is 15.0 Å². The van der Waals surface area contributed by atoms with Gasteiger partial charge in [0.25, 0.3) is 0 Å². The zero-order valence-corrected chi connectivity index (χ0v) is 13.8. The van der Waals surface area contributed by atoms with Crippen LogP contribution in [-0.4, -0.2) is 42.1 Å². The Bertz CT molecular complexity index is 506. The van der Waals surface area contributed by atoms with Gasteiger partial charge in [0.05, 0.1) is 19.5 Å². The highest BCUT2D eigenvalue weighted by atomic mass is 16.5. The third kappa shape index (κ3) is 4.33. The molecule has 1 N–H and O–H groups in total. The van der Waals surface area contributed by atoms with Gasteiger partial charge in [-0.15, -0.1) is 0 Å². The number of nitrogens with zero attached hydrogens (tertiary/aromatic N) is 3. The standard InChI is InChI=1S/C17H26N4O2/c1-23-15-11-18-17(19-12-15)21-8-6-13(7-9-21)10-16(22)20-14-4-2-3-5-14/h11-14H,2-10H2,1H3,(H,20,22). The van der Waals surface area contributed by atoms with Gasteiger partial charge in [0.15, 0.2) is 5.75 Å². The molecule has 0 bridgehead atoms. The van der Waals surface area contributed by atoms with Crippen LogP contribution in [0.25, 0.3) is 0 Å². The Hall–Kier alpha value is -1.85. The van der Waals surface area contributed by atoms with E-state index in [0.29, 0.717) is 24.1 Å². The highest BCUT2D eigenvalue weighted by Gasteiger charge is 2.24. The second kappa shape index (κ2) is 7.62. The first-order valence-electron chi connectivity index (χ1n) is 8.65. The average molecular weight is 318 g/mol. The van der Waals surface area contributed by atoms with E-state index in [9.17, 15) is 4.79 Å². The van der Waals surface area contributed by atoms with Crippen molar-refractivity contribution in [3.8, 4) is 5.75 Å². The molecule has 23 heavy (non-hydrogen) atoms. The van der Waals surface area contributed by atoms with Crippen LogP contribution in [0.4, 0.5) is 5.95 Å². The molecule has 2 heterocycles. The van der Waals surface area contributed by atoms with Gasteiger partial charge in [-0.25, -0.2) is 9.97 Å². The number of hydrogen-bond acceptors (Lipinski definition) is 5. The Labute approximate surface area is 137 Å². The lowest BCUT2D eigenvalue weighted by molar-refractivity contribution is -0.122. The monoisotopic (exact) mass is 318 g/mol. The zero-order chi connectivity index (χ0) is 16.1. The van der Waals surface area contributed by atoms with Gasteiger partial charge in [-0.3, -0.25) is 4.79 Å². The second-order valence-corrected chi connectivity index (χ2v) is 6.61. The lowest BCUT2D eigenvalue weighted by Crippen LogP contribution is -2.38. The molecule has 126 valence electrons. The molecule has 1 aliphatic carbocycles. The van der Waals surface area contributed by atoms with Crippen LogP contribution in [0, 0.1) is 5.92 Å². The van der Waals surface area contributed by atoms with Gasteiger partial charge in [-0.2, -0.15) is 0 Å². The second-order valence-electron chi connectivity index (χ2n) is 6.61. The van der Waals surface area contributed by atoms with E-state index < -0.39 is 0 Å². The molecular formula is C17H26N4O2. The minimum atomic E-state index is 0.232. The topological polar surface area (TPSA) is 67.3 Å². The maximum absolute atomic E-state index is 12.1. The number of carbonyl (C=O) groups is 1. The van der Waals surface area contributed by atoms with Gasteiger partial charge in [0.2, 0.25) is 11.9 Å². The Morgan fingerprint density at radius 3 is 2.48 bits per heavy atom. The molecule has 1 saturated carbocycles. The van der Waals surface area contributed by atoms with Gasteiger partial charge in [0, 0.05) is 25.6 Å². The smallest absolute Gasteiger partial charge is 0.225 e. The van der Waals surface area contributed by atoms with Crippen molar-refractivity contribution in [1.82, 2.24) is 15.3 Å². The Morgan fingerprint density at radius 2 is 1.87 bits per heavy atom. The summed E-state index contributed by atoms with van der Waals surface area (Å²) < 4.78 is 5.08. The van der Waals surface area contributed by atoms with Crippen LogP contribution in [0.3, 0.4) is 0 Å². The summed E-state index contributed by atoms with van der Waals surface area (Å²) in [6, 6.07) is 0.426. The minimum Gasteiger partial charge on any atom is -0.494 e. The number of anilines is 1. The van der Waals surface area contributed by atoms with Crippen LogP contribution in [0.5, 0.6) is 5.75 Å². The normalized spacial score (nSPS) is 19.8. The molecule has 2 fully saturated rings.